The molecule has 0 radical (unpaired) electrons. The Kier molecular flexibility index (Phi) is 3.65. The highest BCUT2D eigenvalue weighted by molar-refractivity contribution is 7.46. The van der Waals surface area contributed by atoms with Gasteiger partial charge in [-0.1, -0.05) is 69.3 Å². The molecule has 2 aliphatic carbocycles. The zero-order valence-electron chi connectivity index (χ0n) is 15.1. The SMILES string of the molecule is C=C1C=CC(c2cnc3n2C=CC2CC32Cc2cccc(PC)c2)=CC1. The number of hydrogen-bond donors (Lipinski definition) is 0. The molecule has 1 aromatic carbocycles. The first-order chi connectivity index (χ1) is 12.7. The molecule has 3 atom stereocenters. The van der Waals surface area contributed by atoms with E-state index >= 15 is 0 Å². The van der Waals surface area contributed by atoms with Crippen molar-refractivity contribution in [1.82, 2.24) is 9.55 Å². The lowest BCUT2D eigenvalue weighted by Crippen LogP contribution is -2.22. The molecule has 3 aliphatic rings. The molecule has 1 aliphatic heterocycles. The summed E-state index contributed by atoms with van der Waals surface area (Å²) in [5, 5.41) is 1.45. The van der Waals surface area contributed by atoms with Gasteiger partial charge in [0.2, 0.25) is 0 Å². The Morgan fingerprint density at radius 2 is 2.27 bits per heavy atom. The maximum absolute atomic E-state index is 4.90. The zero-order valence-corrected chi connectivity index (χ0v) is 16.1. The van der Waals surface area contributed by atoms with Crippen LogP contribution in [0.15, 0.2) is 66.9 Å². The van der Waals surface area contributed by atoms with Crippen LogP contribution in [-0.2, 0) is 11.8 Å². The van der Waals surface area contributed by atoms with Crippen molar-refractivity contribution in [3.63, 3.8) is 0 Å². The standard InChI is InChI=1S/C23H23N2P/c1-16-6-8-18(9-7-16)21-15-24-22-23(14-19(23)10-11-25(21)22)13-17-4-3-5-20(12-17)26-2/h3-6,8-12,15,19,26H,1,7,13-14H2,2H3. The molecule has 2 heterocycles. The first-order valence-corrected chi connectivity index (χ1v) is 10.8. The highest BCUT2D eigenvalue weighted by atomic mass is 31.1. The van der Waals surface area contributed by atoms with E-state index in [1.54, 1.807) is 0 Å². The summed E-state index contributed by atoms with van der Waals surface area (Å²) < 4.78 is 2.32. The van der Waals surface area contributed by atoms with Crippen molar-refractivity contribution < 1.29 is 0 Å². The van der Waals surface area contributed by atoms with Gasteiger partial charge in [-0.15, -0.1) is 0 Å². The van der Waals surface area contributed by atoms with Crippen molar-refractivity contribution in [2.75, 3.05) is 6.66 Å². The van der Waals surface area contributed by atoms with Crippen LogP contribution in [0.2, 0.25) is 0 Å². The van der Waals surface area contributed by atoms with Crippen LogP contribution in [-0.4, -0.2) is 16.2 Å². The minimum Gasteiger partial charge on any atom is -0.303 e. The molecule has 0 spiro atoms. The number of allylic oxidation sites excluding steroid dienone is 6. The van der Waals surface area contributed by atoms with Crippen molar-refractivity contribution in [3.05, 3.63) is 84.0 Å². The van der Waals surface area contributed by atoms with Crippen molar-refractivity contribution in [1.29, 1.82) is 0 Å². The van der Waals surface area contributed by atoms with E-state index in [2.05, 4.69) is 78.8 Å². The van der Waals surface area contributed by atoms with Gasteiger partial charge in [0.1, 0.15) is 5.82 Å². The predicted molar refractivity (Wildman–Crippen MR) is 112 cm³/mol. The number of fused-ring (bicyclic) bond motifs is 3. The van der Waals surface area contributed by atoms with Gasteiger partial charge in [-0.05, 0) is 48.3 Å². The predicted octanol–water partition coefficient (Wildman–Crippen LogP) is 4.70. The van der Waals surface area contributed by atoms with E-state index in [1.807, 2.05) is 0 Å². The Morgan fingerprint density at radius 1 is 1.35 bits per heavy atom. The first kappa shape index (κ1) is 16.0. The summed E-state index contributed by atoms with van der Waals surface area (Å²) in [6.45, 7) is 6.29. The fourth-order valence-corrected chi connectivity index (χ4v) is 4.98. The number of imidazole rings is 1. The van der Waals surface area contributed by atoms with Gasteiger partial charge < -0.3 is 4.57 Å². The second kappa shape index (κ2) is 5.93. The lowest BCUT2D eigenvalue weighted by Gasteiger charge is -2.22. The third-order valence-electron chi connectivity index (χ3n) is 5.96. The van der Waals surface area contributed by atoms with Crippen molar-refractivity contribution in [2.24, 2.45) is 5.92 Å². The van der Waals surface area contributed by atoms with Crippen LogP contribution in [0.4, 0.5) is 0 Å². The van der Waals surface area contributed by atoms with E-state index in [1.165, 1.54) is 34.4 Å². The lowest BCUT2D eigenvalue weighted by atomic mass is 9.91. The summed E-state index contributed by atoms with van der Waals surface area (Å²) in [5.74, 6) is 1.87. The third-order valence-corrected chi connectivity index (χ3v) is 6.85. The van der Waals surface area contributed by atoms with E-state index in [0.29, 0.717) is 5.92 Å². The maximum Gasteiger partial charge on any atom is 0.120 e. The van der Waals surface area contributed by atoms with Crippen molar-refractivity contribution in [3.8, 4) is 0 Å². The van der Waals surface area contributed by atoms with E-state index in [-0.39, 0.29) is 5.41 Å². The number of aromatic nitrogens is 2. The highest BCUT2D eigenvalue weighted by Gasteiger charge is 2.58. The van der Waals surface area contributed by atoms with Gasteiger partial charge in [-0.2, -0.15) is 0 Å². The van der Waals surface area contributed by atoms with Crippen LogP contribution in [0.25, 0.3) is 11.8 Å². The van der Waals surface area contributed by atoms with Crippen LogP contribution in [0.3, 0.4) is 0 Å². The highest BCUT2D eigenvalue weighted by Crippen LogP contribution is 2.59. The van der Waals surface area contributed by atoms with Crippen LogP contribution in [0.5, 0.6) is 0 Å². The average molecular weight is 358 g/mol. The molecule has 3 unspecified atom stereocenters. The normalized spacial score (nSPS) is 26.1. The van der Waals surface area contributed by atoms with E-state index in [4.69, 9.17) is 4.98 Å². The molecule has 0 N–H and O–H groups in total. The quantitative estimate of drug-likeness (QED) is 0.725. The molecule has 2 nitrogen and oxygen atoms in total. The Labute approximate surface area is 156 Å². The fourth-order valence-electron chi connectivity index (χ4n) is 4.38. The van der Waals surface area contributed by atoms with E-state index in [9.17, 15) is 0 Å². The molecule has 3 heteroatoms. The van der Waals surface area contributed by atoms with E-state index in [0.717, 1.165) is 27.0 Å². The summed E-state index contributed by atoms with van der Waals surface area (Å²) in [5.41, 5.74) is 5.25. The number of hydrogen-bond acceptors (Lipinski definition) is 1. The number of benzene rings is 1. The Hall–Kier alpha value is -2.18. The second-order valence-corrected chi connectivity index (χ2v) is 8.71. The van der Waals surface area contributed by atoms with Gasteiger partial charge in [0.15, 0.2) is 0 Å². The topological polar surface area (TPSA) is 17.8 Å². The smallest absolute Gasteiger partial charge is 0.120 e. The van der Waals surface area contributed by atoms with Crippen molar-refractivity contribution in [2.45, 2.75) is 24.7 Å². The molecular weight excluding hydrogens is 335 g/mol. The van der Waals surface area contributed by atoms with Crippen LogP contribution < -0.4 is 5.30 Å². The molecule has 1 aromatic heterocycles. The molecule has 0 saturated heterocycles. The Morgan fingerprint density at radius 3 is 3.08 bits per heavy atom. The van der Waals surface area contributed by atoms with E-state index < -0.39 is 0 Å². The van der Waals surface area contributed by atoms with Crippen LogP contribution in [0, 0.1) is 5.92 Å². The zero-order chi connectivity index (χ0) is 17.7. The molecular formula is C23H23N2P. The largest absolute Gasteiger partial charge is 0.303 e. The fraction of sp³-hybridized carbons (Fsp3) is 0.261. The van der Waals surface area contributed by atoms with Gasteiger partial charge in [-0.3, -0.25) is 0 Å². The third kappa shape index (κ3) is 2.47. The van der Waals surface area contributed by atoms with Gasteiger partial charge in [-0.25, -0.2) is 4.98 Å². The van der Waals surface area contributed by atoms with Gasteiger partial charge in [0.25, 0.3) is 0 Å². The first-order valence-electron chi connectivity index (χ1n) is 9.29. The molecule has 130 valence electrons. The molecule has 2 aromatic rings. The summed E-state index contributed by atoms with van der Waals surface area (Å²) >= 11 is 0. The van der Waals surface area contributed by atoms with Crippen molar-refractivity contribution >= 4 is 25.7 Å². The average Bonchev–Trinajstić information content (AvgIpc) is 3.21. The molecule has 5 rings (SSSR count). The summed E-state index contributed by atoms with van der Waals surface area (Å²) in [4.78, 5) is 4.90. The molecule has 0 bridgehead atoms. The Balaban J connectivity index is 1.50. The minimum absolute atomic E-state index is 0.186. The van der Waals surface area contributed by atoms with Gasteiger partial charge in [0, 0.05) is 11.6 Å². The summed E-state index contributed by atoms with van der Waals surface area (Å²) in [6, 6.07) is 9.10. The summed E-state index contributed by atoms with van der Waals surface area (Å²) in [7, 11) is 0.853. The second-order valence-electron chi connectivity index (χ2n) is 7.63. The maximum atomic E-state index is 4.90. The molecule has 0 amide bonds. The molecule has 26 heavy (non-hydrogen) atoms. The summed E-state index contributed by atoms with van der Waals surface area (Å²) in [6.07, 6.45) is 16.4. The van der Waals surface area contributed by atoms with Gasteiger partial charge >= 0.3 is 0 Å². The van der Waals surface area contributed by atoms with Gasteiger partial charge in [0.05, 0.1) is 11.9 Å². The van der Waals surface area contributed by atoms with Crippen LogP contribution in [0.1, 0.15) is 29.9 Å². The lowest BCUT2D eigenvalue weighted by molar-refractivity contribution is 0.585. The number of nitrogens with zero attached hydrogens (tertiary/aromatic N) is 2. The molecule has 1 fully saturated rings. The minimum atomic E-state index is 0.186. The van der Waals surface area contributed by atoms with Crippen LogP contribution >= 0.6 is 8.58 Å². The molecule has 1 saturated carbocycles. The monoisotopic (exact) mass is 358 g/mol. The number of rotatable bonds is 4. The Bertz CT molecular complexity index is 991.